The third kappa shape index (κ3) is 2.13. The van der Waals surface area contributed by atoms with Crippen molar-refractivity contribution >= 4 is 10.0 Å². The van der Waals surface area contributed by atoms with E-state index in [9.17, 15) is 8.42 Å². The van der Waals surface area contributed by atoms with Crippen LogP contribution in [0.1, 0.15) is 18.4 Å². The van der Waals surface area contributed by atoms with Crippen molar-refractivity contribution in [3.05, 3.63) is 29.8 Å². The molecule has 1 saturated carbocycles. The zero-order valence-electron chi connectivity index (χ0n) is 8.03. The van der Waals surface area contributed by atoms with E-state index in [2.05, 4.69) is 4.72 Å². The molecule has 0 aliphatic heterocycles. The lowest BCUT2D eigenvalue weighted by Gasteiger charge is -2.05. The van der Waals surface area contributed by atoms with E-state index in [1.807, 2.05) is 13.0 Å². The Kier molecular flexibility index (Phi) is 2.33. The van der Waals surface area contributed by atoms with Crippen LogP contribution in [0.4, 0.5) is 0 Å². The highest BCUT2D eigenvalue weighted by molar-refractivity contribution is 7.89. The lowest BCUT2D eigenvalue weighted by Crippen LogP contribution is -2.25. The number of rotatable bonds is 3. The summed E-state index contributed by atoms with van der Waals surface area (Å²) in [4.78, 5) is 0.365. The maximum atomic E-state index is 11.7. The maximum absolute atomic E-state index is 11.7. The summed E-state index contributed by atoms with van der Waals surface area (Å²) < 4.78 is 26.1. The van der Waals surface area contributed by atoms with E-state index in [1.165, 1.54) is 0 Å². The first-order valence-electron chi connectivity index (χ1n) is 4.67. The van der Waals surface area contributed by atoms with Crippen LogP contribution in [0.2, 0.25) is 0 Å². The molecule has 3 nitrogen and oxygen atoms in total. The monoisotopic (exact) mass is 211 g/mol. The first-order valence-corrected chi connectivity index (χ1v) is 6.15. The fraction of sp³-hybridized carbons (Fsp3) is 0.400. The van der Waals surface area contributed by atoms with E-state index in [4.69, 9.17) is 0 Å². The summed E-state index contributed by atoms with van der Waals surface area (Å²) in [7, 11) is -3.27. The van der Waals surface area contributed by atoms with Crippen LogP contribution in [0, 0.1) is 6.92 Å². The second kappa shape index (κ2) is 3.37. The van der Waals surface area contributed by atoms with Crippen LogP contribution in [-0.2, 0) is 10.0 Å². The number of benzene rings is 1. The molecule has 1 aliphatic rings. The molecule has 0 amide bonds. The van der Waals surface area contributed by atoms with Gasteiger partial charge in [0.1, 0.15) is 0 Å². The molecule has 0 radical (unpaired) electrons. The van der Waals surface area contributed by atoms with Crippen molar-refractivity contribution < 1.29 is 8.42 Å². The number of aryl methyl sites for hydroxylation is 1. The highest BCUT2D eigenvalue weighted by atomic mass is 32.2. The normalized spacial score (nSPS) is 16.9. The van der Waals surface area contributed by atoms with Crippen molar-refractivity contribution in [3.8, 4) is 0 Å². The van der Waals surface area contributed by atoms with Crippen molar-refractivity contribution in [2.24, 2.45) is 0 Å². The predicted molar refractivity (Wildman–Crippen MR) is 54.5 cm³/mol. The Morgan fingerprint density at radius 1 is 1.36 bits per heavy atom. The van der Waals surface area contributed by atoms with Crippen LogP contribution < -0.4 is 4.72 Å². The zero-order chi connectivity index (χ0) is 10.2. The molecule has 1 aromatic carbocycles. The SMILES string of the molecule is Cc1cccc(S(=O)(=O)NC2CC2)c1. The molecule has 1 aromatic rings. The van der Waals surface area contributed by atoms with Crippen LogP contribution in [0.25, 0.3) is 0 Å². The number of sulfonamides is 1. The molecule has 1 N–H and O–H groups in total. The Labute approximate surface area is 84.2 Å². The predicted octanol–water partition coefficient (Wildman–Crippen LogP) is 1.44. The summed E-state index contributed by atoms with van der Waals surface area (Å²) in [5.41, 5.74) is 0.962. The summed E-state index contributed by atoms with van der Waals surface area (Å²) in [6.07, 6.45) is 1.93. The zero-order valence-corrected chi connectivity index (χ0v) is 8.84. The minimum Gasteiger partial charge on any atom is -0.208 e. The molecule has 1 aliphatic carbocycles. The molecular formula is C10H13NO2S. The molecule has 0 aromatic heterocycles. The van der Waals surface area contributed by atoms with Gasteiger partial charge in [0, 0.05) is 6.04 Å². The highest BCUT2D eigenvalue weighted by Crippen LogP contribution is 2.22. The molecule has 76 valence electrons. The van der Waals surface area contributed by atoms with Gasteiger partial charge in [-0.1, -0.05) is 12.1 Å². The summed E-state index contributed by atoms with van der Waals surface area (Å²) in [5, 5.41) is 0. The molecule has 0 bridgehead atoms. The van der Waals surface area contributed by atoms with Crippen LogP contribution >= 0.6 is 0 Å². The van der Waals surface area contributed by atoms with Gasteiger partial charge in [0.05, 0.1) is 4.90 Å². The molecule has 0 atom stereocenters. The Balaban J connectivity index is 2.28. The van der Waals surface area contributed by atoms with Gasteiger partial charge < -0.3 is 0 Å². The molecule has 2 rings (SSSR count). The number of hydrogen-bond acceptors (Lipinski definition) is 2. The van der Waals surface area contributed by atoms with Crippen molar-refractivity contribution in [3.63, 3.8) is 0 Å². The minimum atomic E-state index is -3.27. The quantitative estimate of drug-likeness (QED) is 0.822. The topological polar surface area (TPSA) is 46.2 Å². The summed E-state index contributed by atoms with van der Waals surface area (Å²) in [6.45, 7) is 1.89. The Bertz CT molecular complexity index is 435. The molecule has 0 unspecified atom stereocenters. The maximum Gasteiger partial charge on any atom is 0.240 e. The van der Waals surface area contributed by atoms with Crippen LogP contribution in [0.3, 0.4) is 0 Å². The van der Waals surface area contributed by atoms with Gasteiger partial charge in [-0.2, -0.15) is 0 Å². The molecule has 0 heterocycles. The third-order valence-corrected chi connectivity index (χ3v) is 3.72. The van der Waals surface area contributed by atoms with E-state index < -0.39 is 10.0 Å². The second-order valence-corrected chi connectivity index (χ2v) is 5.43. The fourth-order valence-electron chi connectivity index (χ4n) is 1.27. The van der Waals surface area contributed by atoms with Gasteiger partial charge >= 0.3 is 0 Å². The van der Waals surface area contributed by atoms with Gasteiger partial charge in [-0.3, -0.25) is 0 Å². The second-order valence-electron chi connectivity index (χ2n) is 3.71. The van der Waals surface area contributed by atoms with Crippen molar-refractivity contribution in [2.75, 3.05) is 0 Å². The first-order chi connectivity index (χ1) is 6.58. The molecule has 14 heavy (non-hydrogen) atoms. The Morgan fingerprint density at radius 2 is 2.07 bits per heavy atom. The summed E-state index contributed by atoms with van der Waals surface area (Å²) in [5.74, 6) is 0. The van der Waals surface area contributed by atoms with Gasteiger partial charge in [0.25, 0.3) is 0 Å². The fourth-order valence-corrected chi connectivity index (χ4v) is 2.68. The van der Waals surface area contributed by atoms with Crippen molar-refractivity contribution in [2.45, 2.75) is 30.7 Å². The van der Waals surface area contributed by atoms with Gasteiger partial charge in [0.2, 0.25) is 10.0 Å². The van der Waals surface area contributed by atoms with Gasteiger partial charge in [-0.25, -0.2) is 13.1 Å². The Morgan fingerprint density at radius 3 is 2.64 bits per heavy atom. The van der Waals surface area contributed by atoms with Gasteiger partial charge in [-0.05, 0) is 37.5 Å². The smallest absolute Gasteiger partial charge is 0.208 e. The lowest BCUT2D eigenvalue weighted by molar-refractivity contribution is 0.581. The number of hydrogen-bond donors (Lipinski definition) is 1. The van der Waals surface area contributed by atoms with E-state index in [0.29, 0.717) is 4.90 Å². The van der Waals surface area contributed by atoms with Crippen LogP contribution in [-0.4, -0.2) is 14.5 Å². The molecular weight excluding hydrogens is 198 g/mol. The third-order valence-electron chi connectivity index (χ3n) is 2.20. The average molecular weight is 211 g/mol. The molecule has 0 spiro atoms. The van der Waals surface area contributed by atoms with E-state index >= 15 is 0 Å². The Hall–Kier alpha value is -0.870. The van der Waals surface area contributed by atoms with E-state index in [1.54, 1.807) is 18.2 Å². The average Bonchev–Trinajstić information content (AvgIpc) is 2.87. The first kappa shape index (κ1) is 9.68. The summed E-state index contributed by atoms with van der Waals surface area (Å²) in [6, 6.07) is 7.12. The van der Waals surface area contributed by atoms with Gasteiger partial charge in [-0.15, -0.1) is 0 Å². The van der Waals surface area contributed by atoms with Crippen LogP contribution in [0.15, 0.2) is 29.2 Å². The molecule has 0 saturated heterocycles. The lowest BCUT2D eigenvalue weighted by atomic mass is 10.2. The minimum absolute atomic E-state index is 0.167. The van der Waals surface area contributed by atoms with Crippen molar-refractivity contribution in [1.82, 2.24) is 4.72 Å². The van der Waals surface area contributed by atoms with E-state index in [0.717, 1.165) is 18.4 Å². The van der Waals surface area contributed by atoms with Gasteiger partial charge in [0.15, 0.2) is 0 Å². The number of nitrogens with one attached hydrogen (secondary N) is 1. The van der Waals surface area contributed by atoms with Crippen molar-refractivity contribution in [1.29, 1.82) is 0 Å². The molecule has 4 heteroatoms. The molecule has 1 fully saturated rings. The van der Waals surface area contributed by atoms with Crippen LogP contribution in [0.5, 0.6) is 0 Å². The summed E-state index contributed by atoms with van der Waals surface area (Å²) >= 11 is 0. The standard InChI is InChI=1S/C10H13NO2S/c1-8-3-2-4-10(7-8)14(12,13)11-9-5-6-9/h2-4,7,9,11H,5-6H2,1H3. The largest absolute Gasteiger partial charge is 0.240 e. The van der Waals surface area contributed by atoms with E-state index in [-0.39, 0.29) is 6.04 Å². The highest BCUT2D eigenvalue weighted by Gasteiger charge is 2.27.